The van der Waals surface area contributed by atoms with Crippen molar-refractivity contribution < 1.29 is 0 Å². The molecular formula is C18H22ClN5. The SMILES string of the molecule is CC1CC=Cc2[nH]cc(-c3nc(NC4CCCNC4)ncc3Cl)c21. The summed E-state index contributed by atoms with van der Waals surface area (Å²) in [6.07, 6.45) is 11.4. The molecule has 0 bridgehead atoms. The minimum absolute atomic E-state index is 0.370. The summed E-state index contributed by atoms with van der Waals surface area (Å²) in [6.45, 7) is 4.27. The summed E-state index contributed by atoms with van der Waals surface area (Å²) >= 11 is 6.42. The lowest BCUT2D eigenvalue weighted by molar-refractivity contribution is 0.478. The standard InChI is InChI=1S/C18H22ClN5/c1-11-4-2-6-15-16(11)13(9-21-15)17-14(19)10-22-18(24-17)23-12-5-3-7-20-8-12/h2,6,9-12,20-21H,3-5,7-8H2,1H3,(H,22,23,24). The number of halogens is 1. The summed E-state index contributed by atoms with van der Waals surface area (Å²) in [7, 11) is 0. The van der Waals surface area contributed by atoms with E-state index in [0.29, 0.717) is 22.9 Å². The molecule has 3 heterocycles. The van der Waals surface area contributed by atoms with Gasteiger partial charge in [0.15, 0.2) is 0 Å². The number of hydrogen-bond donors (Lipinski definition) is 3. The quantitative estimate of drug-likeness (QED) is 0.792. The molecule has 1 aliphatic heterocycles. The van der Waals surface area contributed by atoms with Crippen LogP contribution in [-0.2, 0) is 0 Å². The second-order valence-corrected chi connectivity index (χ2v) is 7.05. The molecule has 6 heteroatoms. The van der Waals surface area contributed by atoms with Crippen LogP contribution in [0.1, 0.15) is 43.4 Å². The highest BCUT2D eigenvalue weighted by Gasteiger charge is 2.22. The van der Waals surface area contributed by atoms with Crippen LogP contribution in [0.15, 0.2) is 18.5 Å². The molecule has 0 spiro atoms. The monoisotopic (exact) mass is 343 g/mol. The van der Waals surface area contributed by atoms with Crippen molar-refractivity contribution in [3.63, 3.8) is 0 Å². The first-order valence-corrected chi connectivity index (χ1v) is 8.98. The van der Waals surface area contributed by atoms with Crippen molar-refractivity contribution in [2.24, 2.45) is 0 Å². The zero-order valence-electron chi connectivity index (χ0n) is 13.8. The van der Waals surface area contributed by atoms with Gasteiger partial charge in [-0.05, 0) is 43.4 Å². The largest absolute Gasteiger partial charge is 0.361 e. The highest BCUT2D eigenvalue weighted by molar-refractivity contribution is 6.33. The van der Waals surface area contributed by atoms with Gasteiger partial charge in [-0.15, -0.1) is 0 Å². The topological polar surface area (TPSA) is 65.6 Å². The first-order valence-electron chi connectivity index (χ1n) is 8.60. The van der Waals surface area contributed by atoms with Gasteiger partial charge in [-0.1, -0.05) is 24.6 Å². The van der Waals surface area contributed by atoms with Gasteiger partial charge in [0.1, 0.15) is 0 Å². The highest BCUT2D eigenvalue weighted by Crippen LogP contribution is 2.39. The number of piperidine rings is 1. The smallest absolute Gasteiger partial charge is 0.223 e. The van der Waals surface area contributed by atoms with Crippen LogP contribution >= 0.6 is 11.6 Å². The number of allylic oxidation sites excluding steroid dienone is 1. The molecule has 2 aromatic heterocycles. The summed E-state index contributed by atoms with van der Waals surface area (Å²) in [5.41, 5.74) is 4.34. The average molecular weight is 344 g/mol. The van der Waals surface area contributed by atoms with Crippen LogP contribution in [-0.4, -0.2) is 34.1 Å². The van der Waals surface area contributed by atoms with Crippen LogP contribution in [0.4, 0.5) is 5.95 Å². The number of nitrogens with one attached hydrogen (secondary N) is 3. The van der Waals surface area contributed by atoms with Gasteiger partial charge in [0.05, 0.1) is 16.9 Å². The summed E-state index contributed by atoms with van der Waals surface area (Å²) < 4.78 is 0. The maximum atomic E-state index is 6.42. The van der Waals surface area contributed by atoms with Crippen molar-refractivity contribution in [3.8, 4) is 11.3 Å². The third kappa shape index (κ3) is 2.94. The Morgan fingerprint density at radius 1 is 1.38 bits per heavy atom. The van der Waals surface area contributed by atoms with Gasteiger partial charge in [-0.2, -0.15) is 0 Å². The molecule has 2 aromatic rings. The van der Waals surface area contributed by atoms with E-state index < -0.39 is 0 Å². The molecule has 24 heavy (non-hydrogen) atoms. The van der Waals surface area contributed by atoms with Crippen LogP contribution in [0, 0.1) is 0 Å². The van der Waals surface area contributed by atoms with Crippen molar-refractivity contribution >= 4 is 23.6 Å². The first kappa shape index (κ1) is 15.7. The molecule has 2 atom stereocenters. The Kier molecular flexibility index (Phi) is 4.29. The first-order chi connectivity index (χ1) is 11.7. The zero-order valence-corrected chi connectivity index (χ0v) is 14.5. The number of aromatic nitrogens is 3. The van der Waals surface area contributed by atoms with E-state index in [4.69, 9.17) is 16.6 Å². The number of aromatic amines is 1. The summed E-state index contributed by atoms with van der Waals surface area (Å²) in [5, 5.41) is 7.42. The van der Waals surface area contributed by atoms with Gasteiger partial charge in [-0.25, -0.2) is 9.97 Å². The normalized spacial score (nSPS) is 23.1. The minimum Gasteiger partial charge on any atom is -0.361 e. The maximum Gasteiger partial charge on any atom is 0.223 e. The number of fused-ring (bicyclic) bond motifs is 1. The van der Waals surface area contributed by atoms with Crippen molar-refractivity contribution in [3.05, 3.63) is 34.7 Å². The van der Waals surface area contributed by atoms with Crippen molar-refractivity contribution in [1.29, 1.82) is 0 Å². The number of H-pyrrole nitrogens is 1. The molecule has 4 rings (SSSR count). The molecular weight excluding hydrogens is 322 g/mol. The Hall–Kier alpha value is -1.85. The highest BCUT2D eigenvalue weighted by atomic mass is 35.5. The molecule has 3 N–H and O–H groups in total. The molecule has 2 unspecified atom stereocenters. The molecule has 126 valence electrons. The Labute approximate surface area is 146 Å². The summed E-state index contributed by atoms with van der Waals surface area (Å²) in [6, 6.07) is 0.370. The predicted octanol–water partition coefficient (Wildman–Crippen LogP) is 3.81. The van der Waals surface area contributed by atoms with Gasteiger partial charge < -0.3 is 15.6 Å². The average Bonchev–Trinajstić information content (AvgIpc) is 3.03. The third-order valence-electron chi connectivity index (χ3n) is 4.85. The molecule has 0 amide bonds. The van der Waals surface area contributed by atoms with Crippen LogP contribution in [0.3, 0.4) is 0 Å². The molecule has 0 saturated carbocycles. The third-order valence-corrected chi connectivity index (χ3v) is 5.13. The molecule has 1 saturated heterocycles. The van der Waals surface area contributed by atoms with E-state index in [9.17, 15) is 0 Å². The number of hydrogen-bond acceptors (Lipinski definition) is 4. The van der Waals surface area contributed by atoms with Crippen LogP contribution in [0.5, 0.6) is 0 Å². The lowest BCUT2D eigenvalue weighted by Crippen LogP contribution is -2.38. The van der Waals surface area contributed by atoms with E-state index in [1.807, 2.05) is 6.20 Å². The van der Waals surface area contributed by atoms with Crippen LogP contribution < -0.4 is 10.6 Å². The van der Waals surface area contributed by atoms with E-state index in [1.54, 1.807) is 6.20 Å². The lowest BCUT2D eigenvalue weighted by atomic mass is 9.89. The summed E-state index contributed by atoms with van der Waals surface area (Å²) in [5.74, 6) is 1.10. The predicted molar refractivity (Wildman–Crippen MR) is 98.4 cm³/mol. The zero-order chi connectivity index (χ0) is 16.5. The van der Waals surface area contributed by atoms with Crippen LogP contribution in [0.2, 0.25) is 5.02 Å². The van der Waals surface area contributed by atoms with Gasteiger partial charge in [0, 0.05) is 30.0 Å². The van der Waals surface area contributed by atoms with Gasteiger partial charge in [0.2, 0.25) is 5.95 Å². The molecule has 1 aliphatic carbocycles. The molecule has 0 aromatic carbocycles. The van der Waals surface area contributed by atoms with Crippen LogP contribution in [0.25, 0.3) is 17.3 Å². The van der Waals surface area contributed by atoms with E-state index in [1.165, 1.54) is 12.0 Å². The van der Waals surface area contributed by atoms with Gasteiger partial charge >= 0.3 is 0 Å². The van der Waals surface area contributed by atoms with E-state index >= 15 is 0 Å². The number of rotatable bonds is 3. The Bertz CT molecular complexity index is 761. The Morgan fingerprint density at radius 3 is 3.12 bits per heavy atom. The lowest BCUT2D eigenvalue weighted by Gasteiger charge is -2.24. The summed E-state index contributed by atoms with van der Waals surface area (Å²) in [4.78, 5) is 12.4. The fourth-order valence-electron chi connectivity index (χ4n) is 3.61. The fourth-order valence-corrected chi connectivity index (χ4v) is 3.80. The fraction of sp³-hybridized carbons (Fsp3) is 0.444. The second-order valence-electron chi connectivity index (χ2n) is 6.65. The van der Waals surface area contributed by atoms with Gasteiger partial charge in [-0.3, -0.25) is 0 Å². The molecule has 0 radical (unpaired) electrons. The number of anilines is 1. The molecule has 1 fully saturated rings. The van der Waals surface area contributed by atoms with Gasteiger partial charge in [0.25, 0.3) is 0 Å². The minimum atomic E-state index is 0.370. The van der Waals surface area contributed by atoms with Crippen molar-refractivity contribution in [2.75, 3.05) is 18.4 Å². The van der Waals surface area contributed by atoms with Crippen molar-refractivity contribution in [2.45, 2.75) is 38.1 Å². The second kappa shape index (κ2) is 6.57. The molecule has 2 aliphatic rings. The van der Waals surface area contributed by atoms with Crippen molar-refractivity contribution in [1.82, 2.24) is 20.3 Å². The molecule has 5 nitrogen and oxygen atoms in total. The Morgan fingerprint density at radius 2 is 2.29 bits per heavy atom. The maximum absolute atomic E-state index is 6.42. The Balaban J connectivity index is 1.67. The van der Waals surface area contributed by atoms with E-state index in [-0.39, 0.29) is 0 Å². The van der Waals surface area contributed by atoms with E-state index in [0.717, 1.165) is 42.9 Å². The van der Waals surface area contributed by atoms with E-state index in [2.05, 4.69) is 39.7 Å². The number of nitrogens with zero attached hydrogens (tertiary/aromatic N) is 2.